The lowest BCUT2D eigenvalue weighted by molar-refractivity contribution is -0.132. The maximum absolute atomic E-state index is 12.0. The van der Waals surface area contributed by atoms with Crippen molar-refractivity contribution in [1.82, 2.24) is 5.32 Å². The lowest BCUT2D eigenvalue weighted by Gasteiger charge is -2.43. The molecule has 2 heterocycles. The zero-order valence-electron chi connectivity index (χ0n) is 10.7. The van der Waals surface area contributed by atoms with Crippen LogP contribution in [0.5, 0.6) is 0 Å². The summed E-state index contributed by atoms with van der Waals surface area (Å²) < 4.78 is 5.54. The molecule has 4 atom stereocenters. The second-order valence-corrected chi connectivity index (χ2v) is 6.46. The maximum Gasteiger partial charge on any atom is 0.225 e. The highest BCUT2D eigenvalue weighted by Gasteiger charge is 2.39. The first-order chi connectivity index (χ1) is 9.22. The summed E-state index contributed by atoms with van der Waals surface area (Å²) >= 11 is 1.60. The lowest BCUT2D eigenvalue weighted by Crippen LogP contribution is -2.53. The predicted molar refractivity (Wildman–Crippen MR) is 73.0 cm³/mol. The fourth-order valence-corrected chi connectivity index (χ4v) is 3.81. The Morgan fingerprint density at radius 2 is 2.42 bits per heavy atom. The highest BCUT2D eigenvalue weighted by atomic mass is 32.1. The van der Waals surface area contributed by atoms with Gasteiger partial charge in [0.25, 0.3) is 0 Å². The molecule has 0 spiro atoms. The fourth-order valence-electron chi connectivity index (χ4n) is 3.11. The Labute approximate surface area is 116 Å². The minimum absolute atomic E-state index is 0.0598. The number of ether oxygens (including phenoxy) is 1. The maximum atomic E-state index is 12.0. The van der Waals surface area contributed by atoms with Crippen LogP contribution in [0.25, 0.3) is 0 Å². The molecule has 1 saturated heterocycles. The number of carbonyl (C=O) groups excluding carboxylic acids is 1. The minimum atomic E-state index is -0.441. The molecule has 19 heavy (non-hydrogen) atoms. The zero-order valence-corrected chi connectivity index (χ0v) is 11.6. The molecule has 1 aromatic rings. The Balaban J connectivity index is 1.58. The summed E-state index contributed by atoms with van der Waals surface area (Å²) in [7, 11) is 0. The quantitative estimate of drug-likeness (QED) is 0.879. The molecule has 3 rings (SSSR count). The molecule has 1 aromatic heterocycles. The summed E-state index contributed by atoms with van der Waals surface area (Å²) in [6, 6.07) is 4.04. The monoisotopic (exact) mass is 281 g/mol. The van der Waals surface area contributed by atoms with Crippen LogP contribution in [0.1, 0.15) is 24.1 Å². The van der Waals surface area contributed by atoms with E-state index in [9.17, 15) is 9.90 Å². The second-order valence-electron chi connectivity index (χ2n) is 5.43. The number of thiophene rings is 1. The van der Waals surface area contributed by atoms with Crippen LogP contribution in [-0.2, 0) is 16.0 Å². The standard InChI is InChI=1S/C14H19NO3S/c16-13-8-18-9-3-4-12(11(13)6-9)15-14(17)7-10-2-1-5-19-10/h1-2,5,9,11-13,16H,3-4,6-8H2,(H,15,17)/t9-,11+,12-,13+/m1/s1. The van der Waals surface area contributed by atoms with Crippen molar-refractivity contribution in [2.24, 2.45) is 5.92 Å². The Morgan fingerprint density at radius 3 is 3.21 bits per heavy atom. The summed E-state index contributed by atoms with van der Waals surface area (Å²) in [6.07, 6.45) is 3.03. The van der Waals surface area contributed by atoms with Crippen LogP contribution in [0.2, 0.25) is 0 Å². The molecule has 104 valence electrons. The first-order valence-electron chi connectivity index (χ1n) is 6.84. The number of aliphatic hydroxyl groups is 1. The van der Waals surface area contributed by atoms with Gasteiger partial charge in [0.1, 0.15) is 0 Å². The van der Waals surface area contributed by atoms with Crippen LogP contribution < -0.4 is 5.32 Å². The van der Waals surface area contributed by atoms with Gasteiger partial charge in [-0.05, 0) is 30.7 Å². The molecule has 0 radical (unpaired) electrons. The largest absolute Gasteiger partial charge is 0.390 e. The van der Waals surface area contributed by atoms with Gasteiger partial charge in [-0.15, -0.1) is 11.3 Å². The average Bonchev–Trinajstić information content (AvgIpc) is 2.89. The smallest absolute Gasteiger partial charge is 0.225 e. The number of amides is 1. The highest BCUT2D eigenvalue weighted by Crippen LogP contribution is 2.33. The minimum Gasteiger partial charge on any atom is -0.390 e. The van der Waals surface area contributed by atoms with Crippen molar-refractivity contribution >= 4 is 17.2 Å². The number of hydrogen-bond donors (Lipinski definition) is 2. The van der Waals surface area contributed by atoms with E-state index in [1.54, 1.807) is 11.3 Å². The van der Waals surface area contributed by atoms with Crippen LogP contribution in [0, 0.1) is 5.92 Å². The van der Waals surface area contributed by atoms with E-state index in [1.165, 1.54) is 0 Å². The molecule has 2 aliphatic rings. The molecule has 1 saturated carbocycles. The van der Waals surface area contributed by atoms with Crippen molar-refractivity contribution in [3.63, 3.8) is 0 Å². The molecule has 4 nitrogen and oxygen atoms in total. The Morgan fingerprint density at radius 1 is 1.53 bits per heavy atom. The van der Waals surface area contributed by atoms with Crippen LogP contribution in [0.4, 0.5) is 0 Å². The van der Waals surface area contributed by atoms with Gasteiger partial charge in [-0.1, -0.05) is 6.07 Å². The van der Waals surface area contributed by atoms with Crippen LogP contribution in [0.15, 0.2) is 17.5 Å². The normalized spacial score (nSPS) is 33.9. The molecule has 5 heteroatoms. The summed E-state index contributed by atoms with van der Waals surface area (Å²) in [6.45, 7) is 0.409. The molecule has 1 aliphatic carbocycles. The van der Waals surface area contributed by atoms with Crippen molar-refractivity contribution in [2.75, 3.05) is 6.61 Å². The van der Waals surface area contributed by atoms with E-state index in [2.05, 4.69) is 5.32 Å². The van der Waals surface area contributed by atoms with Crippen molar-refractivity contribution in [1.29, 1.82) is 0 Å². The summed E-state index contributed by atoms with van der Waals surface area (Å²) in [5.74, 6) is 0.212. The number of carbonyl (C=O) groups is 1. The van der Waals surface area contributed by atoms with Crippen LogP contribution in [0.3, 0.4) is 0 Å². The van der Waals surface area contributed by atoms with Crippen molar-refractivity contribution < 1.29 is 14.6 Å². The van der Waals surface area contributed by atoms with Gasteiger partial charge >= 0.3 is 0 Å². The Hall–Kier alpha value is -0.910. The summed E-state index contributed by atoms with van der Waals surface area (Å²) in [5.41, 5.74) is 0. The second kappa shape index (κ2) is 5.61. The van der Waals surface area contributed by atoms with Crippen LogP contribution in [-0.4, -0.2) is 35.9 Å². The van der Waals surface area contributed by atoms with E-state index >= 15 is 0 Å². The van der Waals surface area contributed by atoms with E-state index in [0.717, 1.165) is 24.1 Å². The zero-order chi connectivity index (χ0) is 13.2. The molecule has 0 aromatic carbocycles. The average molecular weight is 281 g/mol. The molecule has 1 amide bonds. The van der Waals surface area contributed by atoms with Gasteiger partial charge in [0, 0.05) is 16.8 Å². The summed E-state index contributed by atoms with van der Waals surface area (Å²) in [5, 5.41) is 15.1. The van der Waals surface area contributed by atoms with E-state index in [0.29, 0.717) is 13.0 Å². The van der Waals surface area contributed by atoms with Crippen molar-refractivity contribution in [2.45, 2.75) is 43.9 Å². The molecule has 2 fully saturated rings. The first-order valence-corrected chi connectivity index (χ1v) is 7.72. The molecular weight excluding hydrogens is 262 g/mol. The lowest BCUT2D eigenvalue weighted by atomic mass is 9.78. The van der Waals surface area contributed by atoms with Gasteiger partial charge in [-0.25, -0.2) is 0 Å². The van der Waals surface area contributed by atoms with Crippen molar-refractivity contribution in [3.8, 4) is 0 Å². The van der Waals surface area contributed by atoms with Gasteiger partial charge in [-0.3, -0.25) is 4.79 Å². The third kappa shape index (κ3) is 2.99. The Bertz CT molecular complexity index is 434. The summed E-state index contributed by atoms with van der Waals surface area (Å²) in [4.78, 5) is 13.1. The molecule has 2 bridgehead atoms. The predicted octanol–water partition coefficient (Wildman–Crippen LogP) is 1.34. The van der Waals surface area contributed by atoms with Crippen LogP contribution >= 0.6 is 11.3 Å². The third-order valence-corrected chi connectivity index (χ3v) is 4.99. The number of hydrogen-bond acceptors (Lipinski definition) is 4. The number of aliphatic hydroxyl groups excluding tert-OH is 1. The Kier molecular flexibility index (Phi) is 3.86. The molecule has 0 unspecified atom stereocenters. The van der Waals surface area contributed by atoms with Gasteiger partial charge in [0.05, 0.1) is 25.2 Å². The first kappa shape index (κ1) is 13.1. The van der Waals surface area contributed by atoms with E-state index in [4.69, 9.17) is 4.74 Å². The van der Waals surface area contributed by atoms with Gasteiger partial charge in [0.15, 0.2) is 0 Å². The molecule has 1 aliphatic heterocycles. The third-order valence-electron chi connectivity index (χ3n) is 4.11. The van der Waals surface area contributed by atoms with E-state index < -0.39 is 6.10 Å². The van der Waals surface area contributed by atoms with Gasteiger partial charge < -0.3 is 15.2 Å². The number of rotatable bonds is 3. The highest BCUT2D eigenvalue weighted by molar-refractivity contribution is 7.10. The van der Waals surface area contributed by atoms with E-state index in [-0.39, 0.29) is 24.0 Å². The molecular formula is C14H19NO3S. The SMILES string of the molecule is O=C(Cc1cccs1)N[C@@H]1CC[C@@H]2C[C@@H]1[C@@H](O)CO2. The van der Waals surface area contributed by atoms with Gasteiger partial charge in [-0.2, -0.15) is 0 Å². The number of fused-ring (bicyclic) bond motifs is 2. The topological polar surface area (TPSA) is 58.6 Å². The van der Waals surface area contributed by atoms with E-state index in [1.807, 2.05) is 17.5 Å². The molecule has 2 N–H and O–H groups in total. The van der Waals surface area contributed by atoms with Crippen molar-refractivity contribution in [3.05, 3.63) is 22.4 Å². The number of nitrogens with one attached hydrogen (secondary N) is 1. The van der Waals surface area contributed by atoms with Gasteiger partial charge in [0.2, 0.25) is 5.91 Å². The fraction of sp³-hybridized carbons (Fsp3) is 0.643.